The maximum Gasteiger partial charge on any atom is 0.337 e. The average molecular weight is 533 g/mol. The number of amides is 1. The number of piperidine rings is 1. The molecule has 2 heterocycles. The zero-order valence-electron chi connectivity index (χ0n) is 22.7. The van der Waals surface area contributed by atoms with Gasteiger partial charge in [0, 0.05) is 43.2 Å². The van der Waals surface area contributed by atoms with Crippen molar-refractivity contribution < 1.29 is 19.8 Å². The number of carbonyl (C=O) groups is 2. The van der Waals surface area contributed by atoms with E-state index in [1.54, 1.807) is 35.9 Å². The van der Waals surface area contributed by atoms with Crippen LogP contribution in [0.25, 0.3) is 10.9 Å². The third-order valence-corrected chi connectivity index (χ3v) is 8.31. The number of carbonyl (C=O) groups excluding carboxylic acids is 1. The monoisotopic (exact) mass is 532 g/mol. The van der Waals surface area contributed by atoms with Crippen molar-refractivity contribution in [2.24, 2.45) is 13.0 Å². The van der Waals surface area contributed by atoms with Crippen LogP contribution in [-0.2, 0) is 11.8 Å². The zero-order valence-corrected chi connectivity index (χ0v) is 22.7. The maximum absolute atomic E-state index is 13.5. The molecule has 206 valence electrons. The van der Waals surface area contributed by atoms with Gasteiger partial charge in [-0.05, 0) is 69.7 Å². The molecule has 1 amide bonds. The Bertz CT molecular complexity index is 1470. The number of para-hydroxylation sites is 1. The molecule has 0 spiro atoms. The minimum atomic E-state index is -1.01. The molecule has 1 aromatic heterocycles. The Morgan fingerprint density at radius 1 is 1.10 bits per heavy atom. The van der Waals surface area contributed by atoms with Gasteiger partial charge in [0.15, 0.2) is 0 Å². The number of carboxylic acids is 1. The highest BCUT2D eigenvalue weighted by molar-refractivity contribution is 5.94. The number of nitrogens with one attached hydrogen (secondary N) is 1. The molecule has 0 unspecified atom stereocenters. The molecule has 1 saturated heterocycles. The van der Waals surface area contributed by atoms with Crippen molar-refractivity contribution in [3.63, 3.8) is 0 Å². The number of fused-ring (bicyclic) bond motifs is 1. The molecule has 2 fully saturated rings. The van der Waals surface area contributed by atoms with E-state index in [0.717, 1.165) is 17.5 Å². The first-order chi connectivity index (χ1) is 18.6. The summed E-state index contributed by atoms with van der Waals surface area (Å²) in [6, 6.07) is 10.3. The van der Waals surface area contributed by atoms with E-state index in [1.165, 1.54) is 0 Å². The van der Waals surface area contributed by atoms with E-state index in [-0.39, 0.29) is 41.0 Å². The number of aromatic nitrogens is 2. The lowest BCUT2D eigenvalue weighted by molar-refractivity contribution is -0.136. The van der Waals surface area contributed by atoms with E-state index in [2.05, 4.69) is 5.32 Å². The molecule has 39 heavy (non-hydrogen) atoms. The van der Waals surface area contributed by atoms with Crippen molar-refractivity contribution in [3.05, 3.63) is 69.3 Å². The second-order valence-corrected chi connectivity index (χ2v) is 11.1. The zero-order chi connectivity index (χ0) is 27.8. The van der Waals surface area contributed by atoms with Crippen LogP contribution in [-0.4, -0.2) is 55.7 Å². The highest BCUT2D eigenvalue weighted by atomic mass is 16.4. The standard InChI is InChI=1S/C30H36N4O5/c1-17-14-23(18(2)31-25-7-5-4-6-22(25)30(38)39)26-24(15-17)29(37)33(3)27(32-26)19-10-12-34(13-11-19)28(36)20-8-9-21(35)16-20/h4-7,14-15,18-21,31,35H,8-13,16H2,1-3H3,(H,38,39)/t18-,20-,21-/m1/s1. The summed E-state index contributed by atoms with van der Waals surface area (Å²) < 4.78 is 1.64. The van der Waals surface area contributed by atoms with Crippen molar-refractivity contribution in [1.82, 2.24) is 14.5 Å². The lowest BCUT2D eigenvalue weighted by Crippen LogP contribution is -2.41. The Balaban J connectivity index is 1.44. The van der Waals surface area contributed by atoms with Gasteiger partial charge in [0.2, 0.25) is 5.91 Å². The second-order valence-electron chi connectivity index (χ2n) is 11.1. The lowest BCUT2D eigenvalue weighted by atomic mass is 9.93. The van der Waals surface area contributed by atoms with Gasteiger partial charge < -0.3 is 20.4 Å². The van der Waals surface area contributed by atoms with E-state index >= 15 is 0 Å². The van der Waals surface area contributed by atoms with Crippen LogP contribution in [0.5, 0.6) is 0 Å². The van der Waals surface area contributed by atoms with Crippen LogP contribution in [0.2, 0.25) is 0 Å². The number of rotatable bonds is 6. The van der Waals surface area contributed by atoms with Crippen molar-refractivity contribution in [2.75, 3.05) is 18.4 Å². The molecule has 2 aliphatic rings. The Labute approximate surface area is 227 Å². The summed E-state index contributed by atoms with van der Waals surface area (Å²) in [6.07, 6.45) is 3.03. The fourth-order valence-corrected chi connectivity index (χ4v) is 6.17. The maximum atomic E-state index is 13.5. The minimum absolute atomic E-state index is 0.0375. The summed E-state index contributed by atoms with van der Waals surface area (Å²) in [5, 5.41) is 23.3. The number of aromatic carboxylic acids is 1. The van der Waals surface area contributed by atoms with Crippen LogP contribution >= 0.6 is 0 Å². The molecule has 1 saturated carbocycles. The van der Waals surface area contributed by atoms with Gasteiger partial charge in [-0.1, -0.05) is 18.2 Å². The SMILES string of the molecule is Cc1cc([C@@H](C)Nc2ccccc2C(=O)O)c2nc(C3CCN(C(=O)[C@@H]4CC[C@@H](O)C4)CC3)n(C)c(=O)c2c1. The Morgan fingerprint density at radius 3 is 2.49 bits per heavy atom. The van der Waals surface area contributed by atoms with Crippen LogP contribution in [0.1, 0.15) is 78.3 Å². The topological polar surface area (TPSA) is 125 Å². The van der Waals surface area contributed by atoms with Gasteiger partial charge in [0.25, 0.3) is 5.56 Å². The first-order valence-electron chi connectivity index (χ1n) is 13.7. The lowest BCUT2D eigenvalue weighted by Gasteiger charge is -2.34. The number of aliphatic hydroxyl groups is 1. The number of benzene rings is 2. The quantitative estimate of drug-likeness (QED) is 0.439. The molecule has 0 radical (unpaired) electrons. The van der Waals surface area contributed by atoms with Crippen molar-refractivity contribution in [3.8, 4) is 0 Å². The summed E-state index contributed by atoms with van der Waals surface area (Å²) in [5.74, 6) is -0.229. The van der Waals surface area contributed by atoms with E-state index < -0.39 is 5.97 Å². The van der Waals surface area contributed by atoms with Gasteiger partial charge >= 0.3 is 5.97 Å². The number of anilines is 1. The molecule has 3 N–H and O–H groups in total. The highest BCUT2D eigenvalue weighted by Gasteiger charge is 2.34. The van der Waals surface area contributed by atoms with Gasteiger partial charge in [-0.25, -0.2) is 9.78 Å². The van der Waals surface area contributed by atoms with Gasteiger partial charge in [-0.2, -0.15) is 0 Å². The minimum Gasteiger partial charge on any atom is -0.478 e. The predicted molar refractivity (Wildman–Crippen MR) is 149 cm³/mol. The molecular weight excluding hydrogens is 496 g/mol. The number of aliphatic hydroxyl groups excluding tert-OH is 1. The number of aryl methyl sites for hydroxylation is 1. The van der Waals surface area contributed by atoms with Crippen molar-refractivity contribution in [2.45, 2.75) is 64.0 Å². The second kappa shape index (κ2) is 10.8. The van der Waals surface area contributed by atoms with E-state index in [9.17, 15) is 24.6 Å². The molecule has 2 aromatic carbocycles. The van der Waals surface area contributed by atoms with Crippen LogP contribution in [0.3, 0.4) is 0 Å². The van der Waals surface area contributed by atoms with Gasteiger partial charge in [0.1, 0.15) is 5.82 Å². The summed E-state index contributed by atoms with van der Waals surface area (Å²) in [5.41, 5.74) is 2.94. The van der Waals surface area contributed by atoms with E-state index in [4.69, 9.17) is 4.98 Å². The third kappa shape index (κ3) is 5.28. The fraction of sp³-hybridized carbons (Fsp3) is 0.467. The highest BCUT2D eigenvalue weighted by Crippen LogP contribution is 2.33. The molecule has 9 heteroatoms. The average Bonchev–Trinajstić information content (AvgIpc) is 3.36. The molecule has 0 bridgehead atoms. The van der Waals surface area contributed by atoms with Gasteiger partial charge in [0.05, 0.1) is 28.6 Å². The smallest absolute Gasteiger partial charge is 0.337 e. The molecule has 5 rings (SSSR count). The summed E-state index contributed by atoms with van der Waals surface area (Å²) in [7, 11) is 1.76. The third-order valence-electron chi connectivity index (χ3n) is 8.31. The van der Waals surface area contributed by atoms with Gasteiger partial charge in [-0.15, -0.1) is 0 Å². The molecule has 1 aliphatic heterocycles. The first-order valence-corrected chi connectivity index (χ1v) is 13.7. The molecule has 3 aromatic rings. The number of likely N-dealkylation sites (tertiary alicyclic amines) is 1. The normalized spacial score (nSPS) is 20.8. The Kier molecular flexibility index (Phi) is 7.44. The Morgan fingerprint density at radius 2 is 1.82 bits per heavy atom. The summed E-state index contributed by atoms with van der Waals surface area (Å²) in [4.78, 5) is 45.2. The van der Waals surface area contributed by atoms with Gasteiger partial charge in [-0.3, -0.25) is 14.2 Å². The number of carboxylic acid groups (broad SMARTS) is 1. The van der Waals surface area contributed by atoms with Crippen molar-refractivity contribution >= 4 is 28.5 Å². The first kappa shape index (κ1) is 26.9. The van der Waals surface area contributed by atoms with E-state index in [0.29, 0.717) is 61.2 Å². The largest absolute Gasteiger partial charge is 0.478 e. The molecular formula is C30H36N4O5. The summed E-state index contributed by atoms with van der Waals surface area (Å²) >= 11 is 0. The number of hydrogen-bond acceptors (Lipinski definition) is 6. The van der Waals surface area contributed by atoms with E-state index in [1.807, 2.05) is 30.9 Å². The fourth-order valence-electron chi connectivity index (χ4n) is 6.17. The van der Waals surface area contributed by atoms with Crippen LogP contribution < -0.4 is 10.9 Å². The Hall–Kier alpha value is -3.72. The van der Waals surface area contributed by atoms with Crippen LogP contribution in [0.15, 0.2) is 41.2 Å². The number of nitrogens with zero attached hydrogens (tertiary/aromatic N) is 3. The number of hydrogen-bond donors (Lipinski definition) is 3. The van der Waals surface area contributed by atoms with Crippen LogP contribution in [0, 0.1) is 12.8 Å². The van der Waals surface area contributed by atoms with Crippen molar-refractivity contribution in [1.29, 1.82) is 0 Å². The predicted octanol–water partition coefficient (Wildman–Crippen LogP) is 3.98. The summed E-state index contributed by atoms with van der Waals surface area (Å²) in [6.45, 7) is 5.09. The molecule has 3 atom stereocenters. The molecule has 9 nitrogen and oxygen atoms in total. The van der Waals surface area contributed by atoms with Crippen LogP contribution in [0.4, 0.5) is 5.69 Å². The molecule has 1 aliphatic carbocycles.